The van der Waals surface area contributed by atoms with Crippen LogP contribution in [0.2, 0.25) is 0 Å². The van der Waals surface area contributed by atoms with Crippen LogP contribution in [0.4, 0.5) is 0 Å². The van der Waals surface area contributed by atoms with Crippen LogP contribution in [0.3, 0.4) is 0 Å². The number of nitrogens with zero attached hydrogens (tertiary/aromatic N) is 2. The molecule has 1 atom stereocenters. The molecule has 0 aliphatic heterocycles. The zero-order chi connectivity index (χ0) is 13.8. The van der Waals surface area contributed by atoms with E-state index in [9.17, 15) is 0 Å². The average molecular weight is 344 g/mol. The predicted molar refractivity (Wildman–Crippen MR) is 82.0 cm³/mol. The van der Waals surface area contributed by atoms with Crippen LogP contribution < -0.4 is 10.1 Å². The van der Waals surface area contributed by atoms with Gasteiger partial charge in [0.25, 0.3) is 0 Å². The molecule has 0 saturated heterocycles. The second-order valence-corrected chi connectivity index (χ2v) is 5.84. The van der Waals surface area contributed by atoms with E-state index in [0.29, 0.717) is 0 Å². The summed E-state index contributed by atoms with van der Waals surface area (Å²) >= 11 is 5.34. The Morgan fingerprint density at radius 2 is 2.32 bits per heavy atom. The van der Waals surface area contributed by atoms with E-state index in [2.05, 4.69) is 51.6 Å². The van der Waals surface area contributed by atoms with Gasteiger partial charge in [-0.3, -0.25) is 4.68 Å². The SMILES string of the molecule is CCNC(c1sccc1Br)c1c(OC)cnn1CC. The second-order valence-electron chi connectivity index (χ2n) is 4.04. The van der Waals surface area contributed by atoms with E-state index in [1.165, 1.54) is 4.88 Å². The summed E-state index contributed by atoms with van der Waals surface area (Å²) < 4.78 is 8.56. The third kappa shape index (κ3) is 2.85. The molecule has 0 aromatic carbocycles. The van der Waals surface area contributed by atoms with Gasteiger partial charge < -0.3 is 10.1 Å². The highest BCUT2D eigenvalue weighted by Crippen LogP contribution is 2.36. The third-order valence-electron chi connectivity index (χ3n) is 2.95. The van der Waals surface area contributed by atoms with Crippen molar-refractivity contribution in [2.75, 3.05) is 13.7 Å². The summed E-state index contributed by atoms with van der Waals surface area (Å²) in [6.45, 7) is 5.90. The van der Waals surface area contributed by atoms with Crippen LogP contribution in [0, 0.1) is 0 Å². The van der Waals surface area contributed by atoms with Crippen LogP contribution in [0.15, 0.2) is 22.1 Å². The smallest absolute Gasteiger partial charge is 0.161 e. The highest BCUT2D eigenvalue weighted by Gasteiger charge is 2.25. The Balaban J connectivity index is 2.50. The first-order valence-corrected chi connectivity index (χ1v) is 7.96. The first kappa shape index (κ1) is 14.6. The molecule has 0 spiro atoms. The molecule has 6 heteroatoms. The van der Waals surface area contributed by atoms with E-state index in [-0.39, 0.29) is 6.04 Å². The van der Waals surface area contributed by atoms with Crippen LogP contribution in [-0.2, 0) is 6.54 Å². The van der Waals surface area contributed by atoms with E-state index >= 15 is 0 Å². The van der Waals surface area contributed by atoms with Crippen molar-refractivity contribution in [1.29, 1.82) is 0 Å². The van der Waals surface area contributed by atoms with Crippen LogP contribution in [0.1, 0.15) is 30.5 Å². The van der Waals surface area contributed by atoms with Gasteiger partial charge in [0.05, 0.1) is 19.3 Å². The molecule has 104 valence electrons. The summed E-state index contributed by atoms with van der Waals surface area (Å²) in [5.41, 5.74) is 1.08. The molecule has 2 aromatic rings. The summed E-state index contributed by atoms with van der Waals surface area (Å²) in [7, 11) is 1.69. The fraction of sp³-hybridized carbons (Fsp3) is 0.462. The quantitative estimate of drug-likeness (QED) is 0.873. The van der Waals surface area contributed by atoms with Crippen molar-refractivity contribution in [3.05, 3.63) is 32.7 Å². The molecular formula is C13H18BrN3OS. The number of methoxy groups -OCH3 is 1. The Morgan fingerprint density at radius 1 is 1.53 bits per heavy atom. The molecule has 0 saturated carbocycles. The number of nitrogens with one attached hydrogen (secondary N) is 1. The Kier molecular flexibility index (Phi) is 5.01. The van der Waals surface area contributed by atoms with Gasteiger partial charge in [-0.05, 0) is 40.8 Å². The molecule has 0 radical (unpaired) electrons. The Morgan fingerprint density at radius 3 is 2.84 bits per heavy atom. The van der Waals surface area contributed by atoms with Gasteiger partial charge in [0.15, 0.2) is 5.75 Å². The number of thiophene rings is 1. The number of rotatable bonds is 6. The summed E-state index contributed by atoms with van der Waals surface area (Å²) in [6, 6.07) is 2.17. The highest BCUT2D eigenvalue weighted by molar-refractivity contribution is 9.10. The highest BCUT2D eigenvalue weighted by atomic mass is 79.9. The first-order chi connectivity index (χ1) is 9.22. The maximum absolute atomic E-state index is 5.46. The zero-order valence-corrected chi connectivity index (χ0v) is 13.7. The number of aromatic nitrogens is 2. The molecule has 0 bridgehead atoms. The van der Waals surface area contributed by atoms with Crippen molar-refractivity contribution in [1.82, 2.24) is 15.1 Å². The minimum atomic E-state index is 0.0942. The summed E-state index contributed by atoms with van der Waals surface area (Å²) in [5, 5.41) is 9.99. The van der Waals surface area contributed by atoms with E-state index in [0.717, 1.165) is 29.0 Å². The summed E-state index contributed by atoms with van der Waals surface area (Å²) in [4.78, 5) is 1.25. The number of aryl methyl sites for hydroxylation is 1. The number of hydrogen-bond acceptors (Lipinski definition) is 4. The van der Waals surface area contributed by atoms with Gasteiger partial charge in [0.2, 0.25) is 0 Å². The molecule has 0 fully saturated rings. The van der Waals surface area contributed by atoms with Gasteiger partial charge in [-0.1, -0.05) is 6.92 Å². The fourth-order valence-corrected chi connectivity index (χ4v) is 3.79. The van der Waals surface area contributed by atoms with Crippen molar-refractivity contribution in [3.63, 3.8) is 0 Å². The largest absolute Gasteiger partial charge is 0.493 e. The molecule has 1 N–H and O–H groups in total. The van der Waals surface area contributed by atoms with Crippen LogP contribution in [0.25, 0.3) is 0 Å². The minimum absolute atomic E-state index is 0.0942. The van der Waals surface area contributed by atoms with Gasteiger partial charge in [-0.15, -0.1) is 11.3 Å². The molecule has 1 unspecified atom stereocenters. The maximum atomic E-state index is 5.46. The van der Waals surface area contributed by atoms with E-state index < -0.39 is 0 Å². The van der Waals surface area contributed by atoms with Gasteiger partial charge in [0, 0.05) is 15.9 Å². The normalized spacial score (nSPS) is 12.6. The molecule has 19 heavy (non-hydrogen) atoms. The average Bonchev–Trinajstić information content (AvgIpc) is 3.01. The number of hydrogen-bond donors (Lipinski definition) is 1. The lowest BCUT2D eigenvalue weighted by molar-refractivity contribution is 0.400. The van der Waals surface area contributed by atoms with Crippen molar-refractivity contribution >= 4 is 27.3 Å². The Labute approximate surface area is 125 Å². The molecule has 4 nitrogen and oxygen atoms in total. The van der Waals surface area contributed by atoms with Crippen molar-refractivity contribution in [2.45, 2.75) is 26.4 Å². The molecule has 0 amide bonds. The topological polar surface area (TPSA) is 39.1 Å². The van der Waals surface area contributed by atoms with Crippen molar-refractivity contribution < 1.29 is 4.74 Å². The molecule has 2 aromatic heterocycles. The van der Waals surface area contributed by atoms with Gasteiger partial charge in [0.1, 0.15) is 5.69 Å². The second kappa shape index (κ2) is 6.54. The number of ether oxygens (including phenoxy) is 1. The summed E-state index contributed by atoms with van der Waals surface area (Å²) in [6.07, 6.45) is 1.78. The Hall–Kier alpha value is -0.850. The van der Waals surface area contributed by atoms with Crippen molar-refractivity contribution in [2.24, 2.45) is 0 Å². The summed E-state index contributed by atoms with van der Waals surface area (Å²) in [5.74, 6) is 0.827. The zero-order valence-electron chi connectivity index (χ0n) is 11.3. The Bertz CT molecular complexity index is 516. The maximum Gasteiger partial charge on any atom is 0.161 e. The first-order valence-electron chi connectivity index (χ1n) is 6.28. The third-order valence-corrected chi connectivity index (χ3v) is 4.89. The fourth-order valence-electron chi connectivity index (χ4n) is 2.11. The molecule has 0 aliphatic rings. The van der Waals surface area contributed by atoms with Gasteiger partial charge >= 0.3 is 0 Å². The molecule has 2 rings (SSSR count). The van der Waals surface area contributed by atoms with Crippen LogP contribution in [-0.4, -0.2) is 23.4 Å². The molecule has 0 aliphatic carbocycles. The molecular weight excluding hydrogens is 326 g/mol. The molecule has 2 heterocycles. The van der Waals surface area contributed by atoms with Crippen molar-refractivity contribution in [3.8, 4) is 5.75 Å². The lowest BCUT2D eigenvalue weighted by Crippen LogP contribution is -2.24. The van der Waals surface area contributed by atoms with Gasteiger partial charge in [-0.25, -0.2) is 0 Å². The van der Waals surface area contributed by atoms with E-state index in [1.54, 1.807) is 24.6 Å². The number of halogens is 1. The van der Waals surface area contributed by atoms with E-state index in [1.807, 2.05) is 4.68 Å². The lowest BCUT2D eigenvalue weighted by atomic mass is 10.1. The minimum Gasteiger partial charge on any atom is -0.493 e. The lowest BCUT2D eigenvalue weighted by Gasteiger charge is -2.19. The van der Waals surface area contributed by atoms with E-state index in [4.69, 9.17) is 4.74 Å². The van der Waals surface area contributed by atoms with Crippen LogP contribution >= 0.6 is 27.3 Å². The predicted octanol–water partition coefficient (Wildman–Crippen LogP) is 3.43. The standard InChI is InChI=1S/C13H18BrN3OS/c1-4-15-11(13-9(14)6-7-19-13)12-10(18-3)8-16-17(12)5-2/h6-8,11,15H,4-5H2,1-3H3. The van der Waals surface area contributed by atoms with Crippen LogP contribution in [0.5, 0.6) is 5.75 Å². The van der Waals surface area contributed by atoms with Gasteiger partial charge in [-0.2, -0.15) is 5.10 Å². The monoisotopic (exact) mass is 343 g/mol.